The van der Waals surface area contributed by atoms with Gasteiger partial charge in [-0.05, 0) is 18.4 Å². The lowest BCUT2D eigenvalue weighted by molar-refractivity contribution is -0.141. The van der Waals surface area contributed by atoms with Gasteiger partial charge in [-0.1, -0.05) is 0 Å². The highest BCUT2D eigenvalue weighted by molar-refractivity contribution is 7.37. The molecule has 9 nitrogen and oxygen atoms in total. The van der Waals surface area contributed by atoms with E-state index >= 15 is 0 Å². The molecule has 114 valence electrons. The van der Waals surface area contributed by atoms with Gasteiger partial charge in [-0.15, -0.1) is 0 Å². The molecule has 0 aromatic rings. The highest BCUT2D eigenvalue weighted by atomic mass is 31.1. The summed E-state index contributed by atoms with van der Waals surface area (Å²) in [6.07, 6.45) is -0.0993. The number of nitrogens with two attached hydrogens (primary N) is 1. The zero-order chi connectivity index (χ0) is 15.9. The van der Waals surface area contributed by atoms with Gasteiger partial charge in [0.15, 0.2) is 6.16 Å². The topological polar surface area (TPSA) is 159 Å². The van der Waals surface area contributed by atoms with Crippen LogP contribution in [0.4, 0.5) is 0 Å². The predicted octanol–water partition coefficient (Wildman–Crippen LogP) is -1.47. The fourth-order valence-corrected chi connectivity index (χ4v) is 1.67. The molecule has 2 amide bonds. The first kappa shape index (κ1) is 18.4. The zero-order valence-corrected chi connectivity index (χ0v) is 12.1. The van der Waals surface area contributed by atoms with Crippen molar-refractivity contribution in [1.82, 2.24) is 10.6 Å². The number of carboxylic acid groups (broad SMARTS) is 1. The summed E-state index contributed by atoms with van der Waals surface area (Å²) < 4.78 is 10.5. The third-order valence-corrected chi connectivity index (χ3v) is 3.09. The predicted molar refractivity (Wildman–Crippen MR) is 70.1 cm³/mol. The van der Waals surface area contributed by atoms with Gasteiger partial charge < -0.3 is 21.5 Å². The van der Waals surface area contributed by atoms with Crippen molar-refractivity contribution in [2.75, 3.05) is 6.16 Å². The second kappa shape index (κ2) is 8.57. The van der Waals surface area contributed by atoms with E-state index in [2.05, 4.69) is 10.6 Å². The molecule has 0 aliphatic carbocycles. The van der Waals surface area contributed by atoms with Gasteiger partial charge in [0.1, 0.15) is 12.1 Å². The number of carboxylic acids is 1. The van der Waals surface area contributed by atoms with Crippen molar-refractivity contribution < 1.29 is 28.9 Å². The van der Waals surface area contributed by atoms with E-state index in [0.29, 0.717) is 0 Å². The maximum Gasteiger partial charge on any atom is 0.505 e. The molecular weight excluding hydrogens is 289 g/mol. The lowest BCUT2D eigenvalue weighted by atomic mass is 10.2. The van der Waals surface area contributed by atoms with E-state index in [4.69, 9.17) is 15.7 Å². The van der Waals surface area contributed by atoms with Gasteiger partial charge in [0.05, 0.1) is 6.04 Å². The molecule has 4 atom stereocenters. The molecule has 20 heavy (non-hydrogen) atoms. The van der Waals surface area contributed by atoms with Gasteiger partial charge in [-0.2, -0.15) is 4.89 Å². The van der Waals surface area contributed by atoms with Crippen molar-refractivity contribution in [2.24, 2.45) is 5.73 Å². The van der Waals surface area contributed by atoms with Crippen molar-refractivity contribution in [3.8, 4) is 0 Å². The van der Waals surface area contributed by atoms with E-state index < -0.39 is 43.9 Å². The zero-order valence-electron chi connectivity index (χ0n) is 11.2. The van der Waals surface area contributed by atoms with Crippen LogP contribution < -0.4 is 16.4 Å². The molecule has 0 bridgehead atoms. The molecule has 0 aliphatic rings. The van der Waals surface area contributed by atoms with Crippen LogP contribution in [0.5, 0.6) is 0 Å². The van der Waals surface area contributed by atoms with Crippen LogP contribution in [0.2, 0.25) is 0 Å². The molecule has 0 aromatic carbocycles. The Labute approximate surface area is 116 Å². The minimum Gasteiger partial charge on any atom is -0.480 e. The highest BCUT2D eigenvalue weighted by Crippen LogP contribution is 2.14. The van der Waals surface area contributed by atoms with Crippen molar-refractivity contribution in [3.05, 3.63) is 0 Å². The fourth-order valence-electron chi connectivity index (χ4n) is 1.17. The summed E-state index contributed by atoms with van der Waals surface area (Å²) in [4.78, 5) is 42.3. The van der Waals surface area contributed by atoms with E-state index in [0.717, 1.165) is 0 Å². The van der Waals surface area contributed by atoms with Crippen molar-refractivity contribution in [1.29, 1.82) is 0 Å². The highest BCUT2D eigenvalue weighted by Gasteiger charge is 2.24. The normalized spacial score (nSPS) is 15.7. The quantitative estimate of drug-likeness (QED) is 0.342. The first-order valence-corrected chi connectivity index (χ1v) is 7.27. The number of amides is 2. The van der Waals surface area contributed by atoms with Crippen LogP contribution in [0.15, 0.2) is 0 Å². The minimum atomic E-state index is -2.36. The summed E-state index contributed by atoms with van der Waals surface area (Å²) in [5, 5.41) is 13.1. The second-order valence-corrected chi connectivity index (χ2v) is 5.42. The van der Waals surface area contributed by atoms with E-state index in [1.54, 1.807) is 0 Å². The molecule has 6 N–H and O–H groups in total. The van der Waals surface area contributed by atoms with Crippen LogP contribution in [0, 0.1) is 0 Å². The number of hydrogen-bond acceptors (Lipinski definition) is 5. The molecular formula is C10H19N3O6P+. The number of aliphatic carboxylic acids is 1. The third kappa shape index (κ3) is 7.13. The van der Waals surface area contributed by atoms with E-state index in [-0.39, 0.29) is 12.6 Å². The molecule has 0 heterocycles. The van der Waals surface area contributed by atoms with Gasteiger partial charge in [0, 0.05) is 6.42 Å². The summed E-state index contributed by atoms with van der Waals surface area (Å²) >= 11 is 0. The molecule has 0 saturated carbocycles. The molecule has 0 aliphatic heterocycles. The first-order valence-electron chi connectivity index (χ1n) is 5.87. The Morgan fingerprint density at radius 2 is 1.65 bits per heavy atom. The summed E-state index contributed by atoms with van der Waals surface area (Å²) in [5.41, 5.74) is 5.49. The molecule has 0 rings (SSSR count). The molecule has 0 saturated heterocycles. The summed E-state index contributed by atoms with van der Waals surface area (Å²) in [6.45, 7) is 2.67. The summed E-state index contributed by atoms with van der Waals surface area (Å²) in [7, 11) is -2.36. The Balaban J connectivity index is 4.27. The third-order valence-electron chi connectivity index (χ3n) is 2.45. The standard InChI is InChI=1S/C10H18N3O6P/c1-5(8(14)13-6(2)10(16)17)12-9(15)7(11)3-4-20(18)19/h5-7H,3-4,11H2,1-2H3,(H3-,12,13,14,15,16,17,18,19)/p+1/t5-,6-,7?/m0/s1. The lowest BCUT2D eigenvalue weighted by Crippen LogP contribution is -2.52. The van der Waals surface area contributed by atoms with Crippen LogP contribution >= 0.6 is 8.03 Å². The molecule has 0 spiro atoms. The van der Waals surface area contributed by atoms with Crippen LogP contribution in [-0.2, 0) is 18.9 Å². The average Bonchev–Trinajstić information content (AvgIpc) is 2.35. The van der Waals surface area contributed by atoms with Crippen molar-refractivity contribution in [3.63, 3.8) is 0 Å². The van der Waals surface area contributed by atoms with E-state index in [1.165, 1.54) is 13.8 Å². The Bertz CT molecular complexity index is 402. The summed E-state index contributed by atoms with van der Waals surface area (Å²) in [6, 6.07) is -3.04. The number of rotatable bonds is 8. The maximum absolute atomic E-state index is 11.6. The monoisotopic (exact) mass is 308 g/mol. The van der Waals surface area contributed by atoms with E-state index in [9.17, 15) is 18.9 Å². The number of carbonyl (C=O) groups is 3. The maximum atomic E-state index is 11.6. The average molecular weight is 308 g/mol. The second-order valence-electron chi connectivity index (χ2n) is 4.27. The molecule has 2 unspecified atom stereocenters. The SMILES string of the molecule is C[C@H](NC(=O)[C@H](C)NC(=O)C(N)CC[P+](=O)O)C(=O)O. The van der Waals surface area contributed by atoms with Gasteiger partial charge in [-0.25, -0.2) is 0 Å². The molecule has 0 fully saturated rings. The van der Waals surface area contributed by atoms with Crippen molar-refractivity contribution >= 4 is 25.8 Å². The minimum absolute atomic E-state index is 0.0113. The Morgan fingerprint density at radius 1 is 1.15 bits per heavy atom. The molecule has 0 radical (unpaired) electrons. The Kier molecular flexibility index (Phi) is 7.90. The molecule has 0 aromatic heterocycles. The number of carbonyl (C=O) groups excluding carboxylic acids is 2. The summed E-state index contributed by atoms with van der Waals surface area (Å²) in [5.74, 6) is -2.50. The Morgan fingerprint density at radius 3 is 2.10 bits per heavy atom. The number of hydrogen-bond donors (Lipinski definition) is 5. The molecule has 10 heteroatoms. The largest absolute Gasteiger partial charge is 0.505 e. The Hall–Kier alpha value is -1.57. The smallest absolute Gasteiger partial charge is 0.480 e. The van der Waals surface area contributed by atoms with E-state index in [1.807, 2.05) is 0 Å². The van der Waals surface area contributed by atoms with Crippen LogP contribution in [0.1, 0.15) is 20.3 Å². The fraction of sp³-hybridized carbons (Fsp3) is 0.700. The first-order chi connectivity index (χ1) is 9.15. The van der Waals surface area contributed by atoms with Crippen LogP contribution in [0.3, 0.4) is 0 Å². The van der Waals surface area contributed by atoms with Crippen LogP contribution in [0.25, 0.3) is 0 Å². The lowest BCUT2D eigenvalue weighted by Gasteiger charge is -2.17. The van der Waals surface area contributed by atoms with Gasteiger partial charge in [-0.3, -0.25) is 14.4 Å². The van der Waals surface area contributed by atoms with Gasteiger partial charge in [0.2, 0.25) is 11.8 Å². The van der Waals surface area contributed by atoms with Gasteiger partial charge in [0.25, 0.3) is 0 Å². The van der Waals surface area contributed by atoms with Crippen LogP contribution in [-0.4, -0.2) is 52.1 Å². The van der Waals surface area contributed by atoms with Gasteiger partial charge >= 0.3 is 14.0 Å². The number of nitrogens with one attached hydrogen (secondary N) is 2. The van der Waals surface area contributed by atoms with Crippen molar-refractivity contribution in [2.45, 2.75) is 38.4 Å².